The molecule has 41 heavy (non-hydrogen) atoms. The second kappa shape index (κ2) is 13.2. The highest BCUT2D eigenvalue weighted by molar-refractivity contribution is 6.43. The Bertz CT molecular complexity index is 1610. The van der Waals surface area contributed by atoms with Crippen LogP contribution in [0.1, 0.15) is 38.2 Å². The predicted molar refractivity (Wildman–Crippen MR) is 159 cm³/mol. The summed E-state index contributed by atoms with van der Waals surface area (Å²) < 4.78 is 6.04. The van der Waals surface area contributed by atoms with E-state index in [4.69, 9.17) is 45.3 Å². The van der Waals surface area contributed by atoms with Crippen molar-refractivity contribution in [1.82, 2.24) is 9.78 Å². The number of hydrogen-bond donors (Lipinski definition) is 1. The van der Waals surface area contributed by atoms with E-state index in [-0.39, 0.29) is 34.2 Å². The topological polar surface area (TPSA) is 125 Å². The van der Waals surface area contributed by atoms with Crippen LogP contribution < -0.4 is 16.2 Å². The quantitative estimate of drug-likeness (QED) is 0.222. The highest BCUT2D eigenvalue weighted by atomic mass is 35.5. The zero-order valence-electron chi connectivity index (χ0n) is 21.9. The van der Waals surface area contributed by atoms with E-state index in [9.17, 15) is 19.2 Å². The number of halogens is 3. The number of amides is 2. The molecule has 2 amide bonds. The fourth-order valence-corrected chi connectivity index (χ4v) is 4.82. The second-order valence-corrected chi connectivity index (χ2v) is 10.2. The molecule has 1 aliphatic heterocycles. The highest BCUT2D eigenvalue weighted by Gasteiger charge is 2.39. The van der Waals surface area contributed by atoms with Crippen molar-refractivity contribution in [3.05, 3.63) is 96.9 Å². The van der Waals surface area contributed by atoms with Gasteiger partial charge in [0.2, 0.25) is 0 Å². The number of nitrogen functional groups attached to an aromatic ring is 1. The van der Waals surface area contributed by atoms with Gasteiger partial charge in [-0.3, -0.25) is 14.4 Å². The molecule has 2 heterocycles. The molecule has 0 fully saturated rings. The summed E-state index contributed by atoms with van der Waals surface area (Å²) in [6.45, 7) is 1.87. The number of carbonyl (C=O) groups excluding carboxylic acids is 3. The fourth-order valence-electron chi connectivity index (χ4n) is 4.35. The SMILES string of the molecule is CCOC(=O)/C(Cl)=C/c1cc(N2C(=O)C3=C(CCCC3)C2=O)ccc1Cl.Nc1cnn(-c2ccccc2)c(=O)c1Cl. The summed E-state index contributed by atoms with van der Waals surface area (Å²) in [6, 6.07) is 13.7. The third-order valence-electron chi connectivity index (χ3n) is 6.33. The third kappa shape index (κ3) is 6.53. The van der Waals surface area contributed by atoms with Crippen molar-refractivity contribution in [1.29, 1.82) is 0 Å². The van der Waals surface area contributed by atoms with E-state index in [1.54, 1.807) is 37.3 Å². The van der Waals surface area contributed by atoms with E-state index in [2.05, 4.69) is 5.10 Å². The lowest BCUT2D eigenvalue weighted by molar-refractivity contribution is -0.137. The molecule has 2 aromatic carbocycles. The van der Waals surface area contributed by atoms with E-state index in [0.717, 1.165) is 12.8 Å². The van der Waals surface area contributed by atoms with Crippen molar-refractivity contribution in [3.8, 4) is 5.69 Å². The van der Waals surface area contributed by atoms with Crippen molar-refractivity contribution >= 4 is 70.0 Å². The van der Waals surface area contributed by atoms with Gasteiger partial charge in [0.1, 0.15) is 10.1 Å². The molecule has 5 rings (SSSR count). The van der Waals surface area contributed by atoms with Crippen LogP contribution in [0.15, 0.2) is 75.7 Å². The molecule has 2 N–H and O–H groups in total. The van der Waals surface area contributed by atoms with Gasteiger partial charge in [0.25, 0.3) is 17.4 Å². The van der Waals surface area contributed by atoms with Gasteiger partial charge in [0.05, 0.1) is 29.9 Å². The summed E-state index contributed by atoms with van der Waals surface area (Å²) in [6.07, 6.45) is 5.81. The third-order valence-corrected chi connectivity index (χ3v) is 7.31. The van der Waals surface area contributed by atoms with Crippen molar-refractivity contribution < 1.29 is 19.1 Å². The summed E-state index contributed by atoms with van der Waals surface area (Å²) >= 11 is 17.9. The number of carbonyl (C=O) groups is 3. The normalized spacial score (nSPS) is 14.9. The molecule has 9 nitrogen and oxygen atoms in total. The van der Waals surface area contributed by atoms with Crippen molar-refractivity contribution in [2.45, 2.75) is 32.6 Å². The minimum Gasteiger partial charge on any atom is -0.462 e. The number of rotatable bonds is 5. The predicted octanol–water partition coefficient (Wildman–Crippen LogP) is 5.69. The van der Waals surface area contributed by atoms with Gasteiger partial charge >= 0.3 is 5.97 Å². The Labute approximate surface area is 250 Å². The Morgan fingerprint density at radius 2 is 1.63 bits per heavy atom. The summed E-state index contributed by atoms with van der Waals surface area (Å²) in [4.78, 5) is 49.9. The molecule has 1 aliphatic carbocycles. The summed E-state index contributed by atoms with van der Waals surface area (Å²) in [5, 5.41) is 4.10. The van der Waals surface area contributed by atoms with Crippen LogP contribution in [-0.2, 0) is 19.1 Å². The van der Waals surface area contributed by atoms with Crippen LogP contribution in [0.3, 0.4) is 0 Å². The zero-order valence-corrected chi connectivity index (χ0v) is 24.2. The number of imide groups is 1. The lowest BCUT2D eigenvalue weighted by Gasteiger charge is -2.16. The van der Waals surface area contributed by atoms with Gasteiger partial charge in [-0.05, 0) is 74.6 Å². The molecule has 0 bridgehead atoms. The van der Waals surface area contributed by atoms with Gasteiger partial charge in [0.15, 0.2) is 0 Å². The molecule has 0 saturated heterocycles. The fraction of sp³-hybridized carbons (Fsp3) is 0.207. The number of aromatic nitrogens is 2. The minimum atomic E-state index is -0.666. The largest absolute Gasteiger partial charge is 0.462 e. The van der Waals surface area contributed by atoms with Crippen LogP contribution in [0.25, 0.3) is 11.8 Å². The summed E-state index contributed by atoms with van der Waals surface area (Å²) in [5.41, 5.74) is 7.93. The van der Waals surface area contributed by atoms with Crippen LogP contribution in [-0.4, -0.2) is 34.2 Å². The first-order valence-electron chi connectivity index (χ1n) is 12.7. The number of hydrogen-bond acceptors (Lipinski definition) is 7. The molecule has 3 aromatic rings. The molecule has 0 saturated carbocycles. The number of esters is 1. The maximum Gasteiger partial charge on any atom is 0.349 e. The Morgan fingerprint density at radius 3 is 2.24 bits per heavy atom. The maximum absolute atomic E-state index is 12.7. The van der Waals surface area contributed by atoms with Crippen molar-refractivity contribution in [3.63, 3.8) is 0 Å². The number of nitrogens with two attached hydrogens (primary N) is 1. The molecule has 0 spiro atoms. The van der Waals surface area contributed by atoms with Gasteiger partial charge in [-0.15, -0.1) is 0 Å². The summed E-state index contributed by atoms with van der Waals surface area (Å²) in [7, 11) is 0. The van der Waals surface area contributed by atoms with Crippen LogP contribution >= 0.6 is 34.8 Å². The first-order chi connectivity index (χ1) is 19.6. The standard InChI is InChI=1S/C19H17Cl2NO4.C10H8ClN3O/c1-2-26-19(25)16(21)10-11-9-12(7-8-15(11)20)22-17(23)13-5-3-4-6-14(13)18(22)24;11-9-8(12)6-13-14(10(9)15)7-4-2-1-3-5-7/h7-10H,2-6H2,1H3;1-6H,12H2/b16-10-;. The zero-order chi connectivity index (χ0) is 29.7. The Morgan fingerprint density at radius 1 is 1.00 bits per heavy atom. The smallest absolute Gasteiger partial charge is 0.349 e. The molecule has 212 valence electrons. The summed E-state index contributed by atoms with van der Waals surface area (Å²) in [5.74, 6) is -1.22. The first-order valence-corrected chi connectivity index (χ1v) is 13.8. The monoisotopic (exact) mass is 614 g/mol. The number of anilines is 2. The molecular formula is C29H25Cl3N4O5. The van der Waals surface area contributed by atoms with Gasteiger partial charge < -0.3 is 10.5 Å². The molecule has 0 unspecified atom stereocenters. The van der Waals surface area contributed by atoms with Gasteiger partial charge in [-0.1, -0.05) is 53.0 Å². The highest BCUT2D eigenvalue weighted by Crippen LogP contribution is 2.37. The number of ether oxygens (including phenoxy) is 1. The van der Waals surface area contributed by atoms with Gasteiger partial charge in [-0.2, -0.15) is 9.78 Å². The van der Waals surface area contributed by atoms with E-state index >= 15 is 0 Å². The Hall–Kier alpha value is -3.92. The van der Waals surface area contributed by atoms with E-state index in [1.807, 2.05) is 18.2 Å². The number of benzene rings is 2. The van der Waals surface area contributed by atoms with Gasteiger partial charge in [-0.25, -0.2) is 9.69 Å². The second-order valence-electron chi connectivity index (χ2n) is 8.99. The first kappa shape index (κ1) is 30.0. The minimum absolute atomic E-state index is 0.00569. The van der Waals surface area contributed by atoms with E-state index in [0.29, 0.717) is 45.9 Å². The molecular weight excluding hydrogens is 591 g/mol. The number of para-hydroxylation sites is 1. The van der Waals surface area contributed by atoms with Crippen LogP contribution in [0.5, 0.6) is 0 Å². The van der Waals surface area contributed by atoms with E-state index < -0.39 is 11.5 Å². The maximum atomic E-state index is 12.7. The van der Waals surface area contributed by atoms with Crippen LogP contribution in [0.2, 0.25) is 10.0 Å². The number of nitrogens with zero attached hydrogens (tertiary/aromatic N) is 3. The average molecular weight is 616 g/mol. The van der Waals surface area contributed by atoms with Crippen LogP contribution in [0, 0.1) is 0 Å². The molecule has 2 aliphatic rings. The molecule has 0 radical (unpaired) electrons. The average Bonchev–Trinajstić information content (AvgIpc) is 3.23. The molecule has 12 heteroatoms. The Balaban J connectivity index is 0.000000218. The van der Waals surface area contributed by atoms with Gasteiger partial charge in [0, 0.05) is 16.2 Å². The van der Waals surface area contributed by atoms with E-state index in [1.165, 1.54) is 21.9 Å². The lowest BCUT2D eigenvalue weighted by atomic mass is 9.93. The van der Waals surface area contributed by atoms with Crippen molar-refractivity contribution in [2.24, 2.45) is 0 Å². The Kier molecular flexibility index (Phi) is 9.65. The van der Waals surface area contributed by atoms with Crippen LogP contribution in [0.4, 0.5) is 11.4 Å². The molecule has 0 atom stereocenters. The lowest BCUT2D eigenvalue weighted by Crippen LogP contribution is -2.31. The van der Waals surface area contributed by atoms with Crippen molar-refractivity contribution in [2.75, 3.05) is 17.2 Å². The molecule has 1 aromatic heterocycles.